The first kappa shape index (κ1) is 12.9. The highest BCUT2D eigenvalue weighted by Crippen LogP contribution is 2.35. The van der Waals surface area contributed by atoms with Gasteiger partial charge in [-0.25, -0.2) is 0 Å². The summed E-state index contributed by atoms with van der Waals surface area (Å²) < 4.78 is 0. The molecule has 0 amide bonds. The van der Waals surface area contributed by atoms with Gasteiger partial charge in [-0.1, -0.05) is 0 Å². The van der Waals surface area contributed by atoms with Crippen LogP contribution in [0.4, 0.5) is 0 Å². The molecule has 1 rings (SSSR count). The molecular weight excluding hydrogens is 190 g/mol. The molecule has 1 fully saturated rings. The van der Waals surface area contributed by atoms with Crippen LogP contribution in [0.5, 0.6) is 0 Å². The molecule has 3 heteroatoms. The van der Waals surface area contributed by atoms with Crippen LogP contribution in [0.2, 0.25) is 0 Å². The Hall–Kier alpha value is -0.120. The van der Waals surface area contributed by atoms with Crippen LogP contribution < -0.4 is 0 Å². The second-order valence-electron chi connectivity index (χ2n) is 5.30. The lowest BCUT2D eigenvalue weighted by molar-refractivity contribution is -0.0511. The number of rotatable bonds is 6. The van der Waals surface area contributed by atoms with E-state index in [0.29, 0.717) is 19.0 Å². The van der Waals surface area contributed by atoms with Gasteiger partial charge in [0, 0.05) is 12.6 Å². The molecule has 0 aromatic carbocycles. The molecule has 0 aromatic rings. The highest BCUT2D eigenvalue weighted by Gasteiger charge is 2.34. The molecule has 3 nitrogen and oxygen atoms in total. The maximum Gasteiger partial charge on any atom is 0.0668 e. The van der Waals surface area contributed by atoms with Crippen molar-refractivity contribution in [1.29, 1.82) is 0 Å². The zero-order chi connectivity index (χ0) is 11.5. The lowest BCUT2D eigenvalue weighted by Gasteiger charge is -2.37. The minimum absolute atomic E-state index is 0.304. The smallest absolute Gasteiger partial charge is 0.0668 e. The van der Waals surface area contributed by atoms with E-state index in [1.807, 2.05) is 7.05 Å². The molecule has 1 atom stereocenters. The molecule has 15 heavy (non-hydrogen) atoms. The van der Waals surface area contributed by atoms with Gasteiger partial charge in [0.1, 0.15) is 0 Å². The van der Waals surface area contributed by atoms with Gasteiger partial charge in [-0.05, 0) is 53.0 Å². The van der Waals surface area contributed by atoms with Crippen molar-refractivity contribution in [3.63, 3.8) is 0 Å². The fourth-order valence-corrected chi connectivity index (χ4v) is 1.90. The van der Waals surface area contributed by atoms with E-state index in [0.717, 1.165) is 25.7 Å². The summed E-state index contributed by atoms with van der Waals surface area (Å²) in [4.78, 5) is 2.13. The third kappa shape index (κ3) is 4.09. The molecule has 1 aliphatic carbocycles. The van der Waals surface area contributed by atoms with E-state index in [2.05, 4.69) is 18.7 Å². The normalized spacial score (nSPS) is 21.8. The average Bonchev–Trinajstić information content (AvgIpc) is 2.11. The van der Waals surface area contributed by atoms with Crippen molar-refractivity contribution in [2.75, 3.05) is 13.6 Å². The molecule has 0 spiro atoms. The molecule has 0 aromatic heterocycles. The topological polar surface area (TPSA) is 43.7 Å². The van der Waals surface area contributed by atoms with E-state index in [9.17, 15) is 10.2 Å². The standard InChI is InChI=1S/C12H25NO2/c1-10(2)13(3)9-11(14)5-8-12(15)6-4-7-12/h10-11,14-15H,4-9H2,1-3H3. The third-order valence-corrected chi connectivity index (χ3v) is 3.61. The molecule has 0 saturated heterocycles. The van der Waals surface area contributed by atoms with Gasteiger partial charge < -0.3 is 15.1 Å². The Morgan fingerprint density at radius 1 is 1.33 bits per heavy atom. The van der Waals surface area contributed by atoms with Crippen molar-refractivity contribution in [3.8, 4) is 0 Å². The second-order valence-corrected chi connectivity index (χ2v) is 5.30. The predicted molar refractivity (Wildman–Crippen MR) is 61.8 cm³/mol. The van der Waals surface area contributed by atoms with Crippen molar-refractivity contribution >= 4 is 0 Å². The zero-order valence-electron chi connectivity index (χ0n) is 10.2. The van der Waals surface area contributed by atoms with Crippen LogP contribution in [-0.2, 0) is 0 Å². The first-order chi connectivity index (χ1) is 6.93. The van der Waals surface area contributed by atoms with Gasteiger partial charge in [0.25, 0.3) is 0 Å². The van der Waals surface area contributed by atoms with Crippen LogP contribution in [-0.4, -0.2) is 46.5 Å². The number of aliphatic hydroxyl groups excluding tert-OH is 1. The van der Waals surface area contributed by atoms with E-state index in [1.165, 1.54) is 0 Å². The van der Waals surface area contributed by atoms with E-state index in [4.69, 9.17) is 0 Å². The van der Waals surface area contributed by atoms with Gasteiger partial charge in [0.2, 0.25) is 0 Å². The van der Waals surface area contributed by atoms with E-state index in [1.54, 1.807) is 0 Å². The summed E-state index contributed by atoms with van der Waals surface area (Å²) in [7, 11) is 2.02. The molecule has 90 valence electrons. The first-order valence-electron chi connectivity index (χ1n) is 6.04. The average molecular weight is 215 g/mol. The first-order valence-corrected chi connectivity index (χ1v) is 6.04. The highest BCUT2D eigenvalue weighted by molar-refractivity contribution is 4.88. The number of likely N-dealkylation sites (N-methyl/N-ethyl adjacent to an activating group) is 1. The predicted octanol–water partition coefficient (Wildman–Crippen LogP) is 1.38. The van der Waals surface area contributed by atoms with Crippen LogP contribution >= 0.6 is 0 Å². The molecule has 0 bridgehead atoms. The largest absolute Gasteiger partial charge is 0.392 e. The summed E-state index contributed by atoms with van der Waals surface area (Å²) in [6, 6.07) is 0.464. The molecule has 1 unspecified atom stereocenters. The summed E-state index contributed by atoms with van der Waals surface area (Å²) in [5.41, 5.74) is -0.447. The molecule has 1 aliphatic rings. The van der Waals surface area contributed by atoms with Crippen molar-refractivity contribution in [3.05, 3.63) is 0 Å². The summed E-state index contributed by atoms with van der Waals surface area (Å²) in [5, 5.41) is 19.7. The van der Waals surface area contributed by atoms with Gasteiger partial charge in [-0.15, -0.1) is 0 Å². The fourth-order valence-electron chi connectivity index (χ4n) is 1.90. The van der Waals surface area contributed by atoms with Crippen molar-refractivity contribution in [1.82, 2.24) is 4.90 Å². The van der Waals surface area contributed by atoms with Crippen LogP contribution in [0.3, 0.4) is 0 Å². The highest BCUT2D eigenvalue weighted by atomic mass is 16.3. The summed E-state index contributed by atoms with van der Waals surface area (Å²) in [5.74, 6) is 0. The minimum Gasteiger partial charge on any atom is -0.392 e. The maximum atomic E-state index is 9.88. The van der Waals surface area contributed by atoms with E-state index < -0.39 is 5.60 Å². The van der Waals surface area contributed by atoms with Gasteiger partial charge in [-0.2, -0.15) is 0 Å². The Kier molecular flexibility index (Phi) is 4.56. The molecule has 0 heterocycles. The zero-order valence-corrected chi connectivity index (χ0v) is 10.2. The molecule has 0 aliphatic heterocycles. The van der Waals surface area contributed by atoms with Crippen molar-refractivity contribution in [2.24, 2.45) is 0 Å². The Balaban J connectivity index is 2.15. The minimum atomic E-state index is -0.447. The van der Waals surface area contributed by atoms with Gasteiger partial charge in [0.15, 0.2) is 0 Å². The molecular formula is C12H25NO2. The van der Waals surface area contributed by atoms with Crippen LogP contribution in [0.15, 0.2) is 0 Å². The molecule has 1 saturated carbocycles. The Bertz CT molecular complexity index is 190. The Morgan fingerprint density at radius 3 is 2.33 bits per heavy atom. The van der Waals surface area contributed by atoms with Crippen molar-refractivity contribution in [2.45, 2.75) is 63.7 Å². The van der Waals surface area contributed by atoms with Gasteiger partial charge >= 0.3 is 0 Å². The van der Waals surface area contributed by atoms with Crippen LogP contribution in [0, 0.1) is 0 Å². The van der Waals surface area contributed by atoms with Crippen LogP contribution in [0.1, 0.15) is 46.0 Å². The molecule has 2 N–H and O–H groups in total. The fraction of sp³-hybridized carbons (Fsp3) is 1.00. The number of hydrogen-bond acceptors (Lipinski definition) is 3. The maximum absolute atomic E-state index is 9.88. The Morgan fingerprint density at radius 2 is 1.93 bits per heavy atom. The summed E-state index contributed by atoms with van der Waals surface area (Å²) >= 11 is 0. The number of nitrogens with zero attached hydrogens (tertiary/aromatic N) is 1. The quantitative estimate of drug-likeness (QED) is 0.703. The lowest BCUT2D eigenvalue weighted by Crippen LogP contribution is -2.39. The third-order valence-electron chi connectivity index (χ3n) is 3.61. The SMILES string of the molecule is CC(C)N(C)CC(O)CCC1(O)CCC1. The van der Waals surface area contributed by atoms with E-state index in [-0.39, 0.29) is 6.10 Å². The lowest BCUT2D eigenvalue weighted by atomic mass is 9.76. The Labute approximate surface area is 93.1 Å². The number of hydrogen-bond donors (Lipinski definition) is 2. The second kappa shape index (κ2) is 5.28. The van der Waals surface area contributed by atoms with Crippen molar-refractivity contribution < 1.29 is 10.2 Å². The monoisotopic (exact) mass is 215 g/mol. The van der Waals surface area contributed by atoms with Gasteiger partial charge in [0.05, 0.1) is 11.7 Å². The van der Waals surface area contributed by atoms with Crippen LogP contribution in [0.25, 0.3) is 0 Å². The molecule has 0 radical (unpaired) electrons. The van der Waals surface area contributed by atoms with Gasteiger partial charge in [-0.3, -0.25) is 0 Å². The summed E-state index contributed by atoms with van der Waals surface area (Å²) in [6.07, 6.45) is 4.13. The van der Waals surface area contributed by atoms with E-state index >= 15 is 0 Å². The number of aliphatic hydroxyl groups is 2. The summed E-state index contributed by atoms with van der Waals surface area (Å²) in [6.45, 7) is 4.94.